The molecule has 2 rings (SSSR count). The average Bonchev–Trinajstić information content (AvgIpc) is 2.61. The van der Waals surface area contributed by atoms with Crippen molar-refractivity contribution in [2.75, 3.05) is 0 Å². The number of nitrogens with one attached hydrogen (secondary N) is 1. The largest absolute Gasteiger partial charge is 0.433 e. The number of allylic oxidation sites excluding steroid dienone is 1. The van der Waals surface area contributed by atoms with Gasteiger partial charge in [0.15, 0.2) is 6.23 Å². The van der Waals surface area contributed by atoms with Crippen molar-refractivity contribution in [1.82, 2.24) is 5.32 Å². The van der Waals surface area contributed by atoms with Crippen LogP contribution in [0.15, 0.2) is 42.1 Å². The zero-order valence-corrected chi connectivity index (χ0v) is 9.44. The van der Waals surface area contributed by atoms with Gasteiger partial charge in [-0.15, -0.1) is 0 Å². The number of esters is 1. The van der Waals surface area contributed by atoms with Crippen LogP contribution in [0.4, 0.5) is 0 Å². The summed E-state index contributed by atoms with van der Waals surface area (Å²) in [6.45, 7) is 4.05. The number of carbonyl (C=O) groups is 1. The number of carbonyl (C=O) groups excluding carboxylic acids is 1. The molecule has 0 aliphatic carbocycles. The lowest BCUT2D eigenvalue weighted by Gasteiger charge is -2.08. The predicted molar refractivity (Wildman–Crippen MR) is 61.3 cm³/mol. The fourth-order valence-electron chi connectivity index (χ4n) is 1.63. The third-order valence-corrected chi connectivity index (χ3v) is 2.33. The maximum Gasteiger partial charge on any atom is 0.356 e. The minimum absolute atomic E-state index is 0.275. The molecule has 0 bridgehead atoms. The predicted octanol–water partition coefficient (Wildman–Crippen LogP) is 2.37. The Morgan fingerprint density at radius 1 is 1.31 bits per heavy atom. The molecular weight excluding hydrogens is 202 g/mol. The van der Waals surface area contributed by atoms with Gasteiger partial charge in [-0.2, -0.15) is 0 Å². The molecule has 3 nitrogen and oxygen atoms in total. The van der Waals surface area contributed by atoms with Crippen molar-refractivity contribution in [3.05, 3.63) is 47.7 Å². The summed E-state index contributed by atoms with van der Waals surface area (Å²) in [4.78, 5) is 11.5. The highest BCUT2D eigenvalue weighted by molar-refractivity contribution is 5.89. The molecule has 0 saturated carbocycles. The first-order chi connectivity index (χ1) is 7.66. The van der Waals surface area contributed by atoms with Crippen molar-refractivity contribution in [2.24, 2.45) is 5.92 Å². The zero-order chi connectivity index (χ0) is 11.5. The van der Waals surface area contributed by atoms with Crippen molar-refractivity contribution >= 4 is 5.97 Å². The summed E-state index contributed by atoms with van der Waals surface area (Å²) in [5.41, 5.74) is 1.52. The van der Waals surface area contributed by atoms with Crippen molar-refractivity contribution in [2.45, 2.75) is 20.1 Å². The van der Waals surface area contributed by atoms with Crippen LogP contribution >= 0.6 is 0 Å². The monoisotopic (exact) mass is 217 g/mol. The molecule has 0 amide bonds. The second-order valence-electron chi connectivity index (χ2n) is 4.16. The Hall–Kier alpha value is -1.77. The summed E-state index contributed by atoms with van der Waals surface area (Å²) in [6, 6.07) is 9.65. The van der Waals surface area contributed by atoms with Crippen molar-refractivity contribution in [3.63, 3.8) is 0 Å². The SMILES string of the molecule is CC(C)/C=C1\N[C@@H](c2ccccc2)OC1=O. The van der Waals surface area contributed by atoms with Gasteiger partial charge in [-0.3, -0.25) is 0 Å². The minimum Gasteiger partial charge on any atom is -0.433 e. The number of benzene rings is 1. The fourth-order valence-corrected chi connectivity index (χ4v) is 1.63. The van der Waals surface area contributed by atoms with Gasteiger partial charge >= 0.3 is 5.97 Å². The Labute approximate surface area is 95.1 Å². The van der Waals surface area contributed by atoms with Gasteiger partial charge < -0.3 is 10.1 Å². The van der Waals surface area contributed by atoms with Crippen LogP contribution in [-0.2, 0) is 9.53 Å². The van der Waals surface area contributed by atoms with Gasteiger partial charge in [0.2, 0.25) is 0 Å². The van der Waals surface area contributed by atoms with Crippen LogP contribution in [0.3, 0.4) is 0 Å². The number of cyclic esters (lactones) is 1. The lowest BCUT2D eigenvalue weighted by Crippen LogP contribution is -2.13. The van der Waals surface area contributed by atoms with Gasteiger partial charge in [0.1, 0.15) is 5.70 Å². The van der Waals surface area contributed by atoms with Crippen LogP contribution in [0.1, 0.15) is 25.6 Å². The Morgan fingerprint density at radius 3 is 2.62 bits per heavy atom. The molecule has 1 aliphatic heterocycles. The number of hydrogen-bond donors (Lipinski definition) is 1. The molecule has 0 unspecified atom stereocenters. The molecule has 0 radical (unpaired) electrons. The van der Waals surface area contributed by atoms with E-state index in [0.717, 1.165) is 5.56 Å². The van der Waals surface area contributed by atoms with E-state index in [2.05, 4.69) is 5.32 Å². The molecule has 16 heavy (non-hydrogen) atoms. The topological polar surface area (TPSA) is 38.3 Å². The molecule has 1 N–H and O–H groups in total. The number of hydrogen-bond acceptors (Lipinski definition) is 3. The Bertz CT molecular complexity index is 409. The average molecular weight is 217 g/mol. The highest BCUT2D eigenvalue weighted by atomic mass is 16.6. The van der Waals surface area contributed by atoms with Gasteiger partial charge in [0.25, 0.3) is 0 Å². The summed E-state index contributed by atoms with van der Waals surface area (Å²) in [5.74, 6) is 0.0483. The molecule has 1 aromatic carbocycles. The van der Waals surface area contributed by atoms with E-state index in [1.807, 2.05) is 50.3 Å². The Balaban J connectivity index is 2.16. The molecule has 1 heterocycles. The highest BCUT2D eigenvalue weighted by Gasteiger charge is 2.28. The molecule has 1 aliphatic rings. The molecule has 3 heteroatoms. The zero-order valence-electron chi connectivity index (χ0n) is 9.44. The minimum atomic E-state index is -0.348. The molecule has 0 spiro atoms. The molecule has 0 aromatic heterocycles. The second kappa shape index (κ2) is 4.39. The Morgan fingerprint density at radius 2 is 2.00 bits per heavy atom. The molecule has 1 fully saturated rings. The smallest absolute Gasteiger partial charge is 0.356 e. The molecular formula is C13H15NO2. The molecule has 1 aromatic rings. The summed E-state index contributed by atoms with van der Waals surface area (Å²) in [7, 11) is 0. The fraction of sp³-hybridized carbons (Fsp3) is 0.308. The quantitative estimate of drug-likeness (QED) is 0.610. The van der Waals surface area contributed by atoms with E-state index in [9.17, 15) is 4.79 Å². The maximum absolute atomic E-state index is 11.5. The van der Waals surface area contributed by atoms with Crippen LogP contribution in [0.2, 0.25) is 0 Å². The van der Waals surface area contributed by atoms with E-state index in [4.69, 9.17) is 4.74 Å². The van der Waals surface area contributed by atoms with Crippen LogP contribution < -0.4 is 5.32 Å². The Kier molecular flexibility index (Phi) is 2.95. The number of ether oxygens (including phenoxy) is 1. The normalized spacial score (nSPS) is 22.3. The lowest BCUT2D eigenvalue weighted by molar-refractivity contribution is -0.139. The highest BCUT2D eigenvalue weighted by Crippen LogP contribution is 2.23. The van der Waals surface area contributed by atoms with Crippen molar-refractivity contribution in [3.8, 4) is 0 Å². The van der Waals surface area contributed by atoms with Crippen LogP contribution in [0.25, 0.3) is 0 Å². The van der Waals surface area contributed by atoms with E-state index in [1.54, 1.807) is 0 Å². The molecule has 1 atom stereocenters. The van der Waals surface area contributed by atoms with E-state index in [0.29, 0.717) is 11.6 Å². The lowest BCUT2D eigenvalue weighted by atomic mass is 10.2. The van der Waals surface area contributed by atoms with Gasteiger partial charge in [-0.05, 0) is 5.92 Å². The first-order valence-corrected chi connectivity index (χ1v) is 5.41. The first-order valence-electron chi connectivity index (χ1n) is 5.41. The third-order valence-electron chi connectivity index (χ3n) is 2.33. The van der Waals surface area contributed by atoms with E-state index >= 15 is 0 Å². The van der Waals surface area contributed by atoms with Crippen LogP contribution in [0.5, 0.6) is 0 Å². The van der Waals surface area contributed by atoms with Gasteiger partial charge in [-0.25, -0.2) is 4.79 Å². The number of rotatable bonds is 2. The molecule has 1 saturated heterocycles. The third kappa shape index (κ3) is 2.24. The van der Waals surface area contributed by atoms with Crippen molar-refractivity contribution in [1.29, 1.82) is 0 Å². The second-order valence-corrected chi connectivity index (χ2v) is 4.16. The van der Waals surface area contributed by atoms with Gasteiger partial charge in [0, 0.05) is 5.56 Å². The van der Waals surface area contributed by atoms with E-state index in [-0.39, 0.29) is 12.2 Å². The van der Waals surface area contributed by atoms with Gasteiger partial charge in [0.05, 0.1) is 0 Å². The maximum atomic E-state index is 11.5. The van der Waals surface area contributed by atoms with Crippen molar-refractivity contribution < 1.29 is 9.53 Å². The van der Waals surface area contributed by atoms with E-state index < -0.39 is 0 Å². The first kappa shape index (κ1) is 10.7. The summed E-state index contributed by atoms with van der Waals surface area (Å²) < 4.78 is 5.24. The van der Waals surface area contributed by atoms with Crippen LogP contribution in [0, 0.1) is 5.92 Å². The summed E-state index contributed by atoms with van der Waals surface area (Å²) >= 11 is 0. The van der Waals surface area contributed by atoms with Gasteiger partial charge in [-0.1, -0.05) is 50.3 Å². The summed E-state index contributed by atoms with van der Waals surface area (Å²) in [5, 5.41) is 3.08. The summed E-state index contributed by atoms with van der Waals surface area (Å²) in [6.07, 6.45) is 1.53. The van der Waals surface area contributed by atoms with E-state index in [1.165, 1.54) is 0 Å². The van der Waals surface area contributed by atoms with Crippen LogP contribution in [-0.4, -0.2) is 5.97 Å². The molecule has 84 valence electrons. The standard InChI is InChI=1S/C13H15NO2/c1-9(2)8-11-13(15)16-12(14-11)10-6-4-3-5-7-10/h3-9,12,14H,1-2H3/b11-8-/t12-/m1/s1.